The molecule has 4 nitrogen and oxygen atoms in total. The predicted molar refractivity (Wildman–Crippen MR) is 71.9 cm³/mol. The Hall–Kier alpha value is -1.55. The summed E-state index contributed by atoms with van der Waals surface area (Å²) in [4.78, 5) is 13.7. The van der Waals surface area contributed by atoms with Gasteiger partial charge in [0.25, 0.3) is 0 Å². The van der Waals surface area contributed by atoms with E-state index in [1.54, 1.807) is 0 Å². The number of benzene rings is 1. The van der Waals surface area contributed by atoms with Crippen LogP contribution >= 0.6 is 0 Å². The molecular formula is C14H20N2O2. The van der Waals surface area contributed by atoms with Crippen molar-refractivity contribution in [2.24, 2.45) is 0 Å². The highest BCUT2D eigenvalue weighted by Crippen LogP contribution is 2.27. The van der Waals surface area contributed by atoms with Crippen molar-refractivity contribution in [3.05, 3.63) is 29.8 Å². The molecule has 0 aliphatic carbocycles. The van der Waals surface area contributed by atoms with Crippen molar-refractivity contribution in [3.63, 3.8) is 0 Å². The molecule has 0 bridgehead atoms. The molecule has 98 valence electrons. The fourth-order valence-corrected chi connectivity index (χ4v) is 2.31. The minimum Gasteiger partial charge on any atom is -0.480 e. The second-order valence-electron chi connectivity index (χ2n) is 5.18. The van der Waals surface area contributed by atoms with Crippen LogP contribution in [0.25, 0.3) is 0 Å². The van der Waals surface area contributed by atoms with E-state index < -0.39 is 11.5 Å². The number of carbonyl (C=O) groups is 1. The summed E-state index contributed by atoms with van der Waals surface area (Å²) in [7, 11) is 2.03. The summed E-state index contributed by atoms with van der Waals surface area (Å²) >= 11 is 0. The molecule has 1 saturated heterocycles. The van der Waals surface area contributed by atoms with Crippen LogP contribution < -0.4 is 5.32 Å². The van der Waals surface area contributed by atoms with Crippen LogP contribution in [-0.4, -0.2) is 41.7 Å². The maximum Gasteiger partial charge on any atom is 0.329 e. The number of hydrogen-bond donors (Lipinski definition) is 2. The molecule has 18 heavy (non-hydrogen) atoms. The summed E-state index contributed by atoms with van der Waals surface area (Å²) in [6, 6.07) is 7.87. The van der Waals surface area contributed by atoms with Crippen molar-refractivity contribution in [2.45, 2.75) is 25.3 Å². The Bertz CT molecular complexity index is 420. The van der Waals surface area contributed by atoms with Crippen molar-refractivity contribution in [3.8, 4) is 0 Å². The number of aryl methyl sites for hydroxylation is 1. The third-order valence-electron chi connectivity index (χ3n) is 3.69. The van der Waals surface area contributed by atoms with Crippen LogP contribution in [0.1, 0.15) is 18.4 Å². The molecule has 1 aromatic rings. The zero-order valence-corrected chi connectivity index (χ0v) is 10.9. The lowest BCUT2D eigenvalue weighted by atomic mass is 9.87. The molecule has 1 aromatic carbocycles. The highest BCUT2D eigenvalue weighted by Gasteiger charge is 2.40. The monoisotopic (exact) mass is 248 g/mol. The highest BCUT2D eigenvalue weighted by molar-refractivity contribution is 5.83. The lowest BCUT2D eigenvalue weighted by Crippen LogP contribution is -2.53. The van der Waals surface area contributed by atoms with Crippen LogP contribution in [0.5, 0.6) is 0 Å². The van der Waals surface area contributed by atoms with Crippen molar-refractivity contribution in [1.29, 1.82) is 0 Å². The van der Waals surface area contributed by atoms with Gasteiger partial charge in [-0.05, 0) is 38.9 Å². The fourth-order valence-electron chi connectivity index (χ4n) is 2.31. The largest absolute Gasteiger partial charge is 0.480 e. The van der Waals surface area contributed by atoms with Gasteiger partial charge >= 0.3 is 5.97 Å². The van der Waals surface area contributed by atoms with Crippen LogP contribution in [0.2, 0.25) is 0 Å². The first-order chi connectivity index (χ1) is 8.52. The summed E-state index contributed by atoms with van der Waals surface area (Å²) in [5.41, 5.74) is 1.24. The fraction of sp³-hybridized carbons (Fsp3) is 0.500. The summed E-state index contributed by atoms with van der Waals surface area (Å²) in [6.07, 6.45) is 1.26. The van der Waals surface area contributed by atoms with Crippen LogP contribution in [0.4, 0.5) is 5.69 Å². The number of likely N-dealkylation sites (tertiary alicyclic amines) is 1. The van der Waals surface area contributed by atoms with E-state index >= 15 is 0 Å². The van der Waals surface area contributed by atoms with Crippen LogP contribution in [0, 0.1) is 6.92 Å². The first-order valence-electron chi connectivity index (χ1n) is 6.29. The van der Waals surface area contributed by atoms with Crippen molar-refractivity contribution >= 4 is 11.7 Å². The Balaban J connectivity index is 2.16. The Morgan fingerprint density at radius 2 is 1.83 bits per heavy atom. The van der Waals surface area contributed by atoms with Gasteiger partial charge in [-0.2, -0.15) is 0 Å². The van der Waals surface area contributed by atoms with Gasteiger partial charge in [0.05, 0.1) is 0 Å². The SMILES string of the molecule is Cc1ccc(NC2(C(=O)O)CCN(C)CC2)cc1. The Labute approximate surface area is 108 Å². The Morgan fingerprint density at radius 1 is 1.28 bits per heavy atom. The number of nitrogens with one attached hydrogen (secondary N) is 1. The van der Waals surface area contributed by atoms with Gasteiger partial charge in [-0.25, -0.2) is 4.79 Å². The quantitative estimate of drug-likeness (QED) is 0.858. The van der Waals surface area contributed by atoms with E-state index in [0.29, 0.717) is 12.8 Å². The zero-order valence-electron chi connectivity index (χ0n) is 10.9. The molecule has 1 aliphatic rings. The molecule has 4 heteroatoms. The maximum absolute atomic E-state index is 11.6. The average molecular weight is 248 g/mol. The number of rotatable bonds is 3. The molecule has 1 heterocycles. The van der Waals surface area contributed by atoms with E-state index in [4.69, 9.17) is 0 Å². The normalized spacial score (nSPS) is 19.4. The molecule has 0 amide bonds. The van der Waals surface area contributed by atoms with Crippen molar-refractivity contribution in [1.82, 2.24) is 4.90 Å². The standard InChI is InChI=1S/C14H20N2O2/c1-11-3-5-12(6-4-11)15-14(13(17)18)7-9-16(2)10-8-14/h3-6,15H,7-10H2,1-2H3,(H,17,18). The van der Waals surface area contributed by atoms with Gasteiger partial charge < -0.3 is 15.3 Å². The lowest BCUT2D eigenvalue weighted by molar-refractivity contribution is -0.143. The molecule has 2 N–H and O–H groups in total. The van der Waals surface area contributed by atoms with E-state index in [0.717, 1.165) is 18.8 Å². The van der Waals surface area contributed by atoms with Gasteiger partial charge in [-0.1, -0.05) is 17.7 Å². The zero-order chi connectivity index (χ0) is 13.2. The molecule has 0 aromatic heterocycles. The van der Waals surface area contributed by atoms with Gasteiger partial charge in [0, 0.05) is 18.8 Å². The maximum atomic E-state index is 11.6. The van der Waals surface area contributed by atoms with Crippen molar-refractivity contribution < 1.29 is 9.90 Å². The van der Waals surface area contributed by atoms with Crippen LogP contribution in [0.3, 0.4) is 0 Å². The molecule has 0 unspecified atom stereocenters. The van der Waals surface area contributed by atoms with E-state index in [-0.39, 0.29) is 0 Å². The summed E-state index contributed by atoms with van der Waals surface area (Å²) < 4.78 is 0. The van der Waals surface area contributed by atoms with E-state index in [1.165, 1.54) is 5.56 Å². The number of hydrogen-bond acceptors (Lipinski definition) is 3. The minimum absolute atomic E-state index is 0.632. The minimum atomic E-state index is -0.818. The third-order valence-corrected chi connectivity index (χ3v) is 3.69. The second kappa shape index (κ2) is 4.98. The molecular weight excluding hydrogens is 228 g/mol. The molecule has 0 spiro atoms. The number of carboxylic acids is 1. The van der Waals surface area contributed by atoms with Gasteiger partial charge in [0.2, 0.25) is 0 Å². The third kappa shape index (κ3) is 2.64. The first-order valence-corrected chi connectivity index (χ1v) is 6.29. The Morgan fingerprint density at radius 3 is 2.33 bits per heavy atom. The number of anilines is 1. The van der Waals surface area contributed by atoms with E-state index in [1.807, 2.05) is 38.2 Å². The van der Waals surface area contributed by atoms with Crippen LogP contribution in [-0.2, 0) is 4.79 Å². The van der Waals surface area contributed by atoms with E-state index in [2.05, 4.69) is 10.2 Å². The second-order valence-corrected chi connectivity index (χ2v) is 5.18. The molecule has 0 atom stereocenters. The molecule has 1 aliphatic heterocycles. The van der Waals surface area contributed by atoms with Gasteiger partial charge in [-0.15, -0.1) is 0 Å². The lowest BCUT2D eigenvalue weighted by Gasteiger charge is -2.38. The number of carboxylic acid groups (broad SMARTS) is 1. The number of nitrogens with zero attached hydrogens (tertiary/aromatic N) is 1. The van der Waals surface area contributed by atoms with Gasteiger partial charge in [0.1, 0.15) is 5.54 Å². The predicted octanol–water partition coefficient (Wildman–Crippen LogP) is 1.96. The smallest absolute Gasteiger partial charge is 0.329 e. The molecule has 2 rings (SSSR count). The summed E-state index contributed by atoms with van der Waals surface area (Å²) in [5, 5.41) is 12.7. The van der Waals surface area contributed by atoms with Crippen LogP contribution in [0.15, 0.2) is 24.3 Å². The molecule has 0 radical (unpaired) electrons. The van der Waals surface area contributed by atoms with E-state index in [9.17, 15) is 9.90 Å². The molecule has 1 fully saturated rings. The van der Waals surface area contributed by atoms with Crippen molar-refractivity contribution in [2.75, 3.05) is 25.5 Å². The average Bonchev–Trinajstić information content (AvgIpc) is 2.35. The van der Waals surface area contributed by atoms with Gasteiger partial charge in [0.15, 0.2) is 0 Å². The Kier molecular flexibility index (Phi) is 3.57. The topological polar surface area (TPSA) is 52.6 Å². The highest BCUT2D eigenvalue weighted by atomic mass is 16.4. The number of aliphatic carboxylic acids is 1. The first kappa shape index (κ1) is 12.9. The number of piperidine rings is 1. The summed E-state index contributed by atoms with van der Waals surface area (Å²) in [6.45, 7) is 3.64. The summed E-state index contributed by atoms with van der Waals surface area (Å²) in [5.74, 6) is -0.754. The van der Waals surface area contributed by atoms with Gasteiger partial charge in [-0.3, -0.25) is 0 Å². The molecule has 0 saturated carbocycles.